The van der Waals surface area contributed by atoms with Crippen LogP contribution in [0.15, 0.2) is 5.38 Å². The summed E-state index contributed by atoms with van der Waals surface area (Å²) in [5.74, 6) is 0. The maximum absolute atomic E-state index is 8.57. The minimum Gasteiger partial charge on any atom is -0.396 e. The first-order valence-electron chi connectivity index (χ1n) is 5.05. The number of thiazole rings is 1. The first-order chi connectivity index (χ1) is 6.83. The highest BCUT2D eigenvalue weighted by Gasteiger charge is 1.96. The fourth-order valence-corrected chi connectivity index (χ4v) is 1.87. The van der Waals surface area contributed by atoms with Gasteiger partial charge >= 0.3 is 0 Å². The lowest BCUT2D eigenvalue weighted by Crippen LogP contribution is -2.18. The smallest absolute Gasteiger partial charge is 0.0897 e. The van der Waals surface area contributed by atoms with Gasteiger partial charge in [0.05, 0.1) is 10.7 Å². The van der Waals surface area contributed by atoms with Gasteiger partial charge in [-0.3, -0.25) is 0 Å². The molecule has 0 radical (unpaired) electrons. The van der Waals surface area contributed by atoms with Gasteiger partial charge in [-0.25, -0.2) is 4.98 Å². The number of hydrogen-bond acceptors (Lipinski definition) is 4. The lowest BCUT2D eigenvalue weighted by atomic mass is 10.3. The zero-order valence-corrected chi connectivity index (χ0v) is 9.44. The van der Waals surface area contributed by atoms with E-state index in [0.717, 1.165) is 37.4 Å². The zero-order valence-electron chi connectivity index (χ0n) is 8.62. The summed E-state index contributed by atoms with van der Waals surface area (Å²) in [4.78, 5) is 4.38. The summed E-state index contributed by atoms with van der Waals surface area (Å²) in [6.45, 7) is 4.30. The van der Waals surface area contributed by atoms with Crippen molar-refractivity contribution >= 4 is 11.3 Å². The number of aliphatic hydroxyl groups is 1. The number of unbranched alkanes of at least 4 members (excludes halogenated alkanes) is 1. The predicted molar refractivity (Wildman–Crippen MR) is 59.7 cm³/mol. The molecule has 0 amide bonds. The maximum atomic E-state index is 8.57. The molecule has 0 atom stereocenters. The summed E-state index contributed by atoms with van der Waals surface area (Å²) in [5, 5.41) is 15.2. The molecule has 0 saturated heterocycles. The van der Waals surface area contributed by atoms with E-state index in [2.05, 4.69) is 15.7 Å². The standard InChI is InChI=1S/C10H18N2OS/c1-9-12-10(8-14-9)4-6-11-5-2-3-7-13/h8,11,13H,2-7H2,1H3. The van der Waals surface area contributed by atoms with Gasteiger partial charge in [0.15, 0.2) is 0 Å². The summed E-state index contributed by atoms with van der Waals surface area (Å²) in [6.07, 6.45) is 2.94. The van der Waals surface area contributed by atoms with E-state index in [9.17, 15) is 0 Å². The molecule has 1 heterocycles. The van der Waals surface area contributed by atoms with Crippen LogP contribution in [0.5, 0.6) is 0 Å². The topological polar surface area (TPSA) is 45.2 Å². The molecule has 0 saturated carbocycles. The molecular formula is C10H18N2OS. The molecule has 3 nitrogen and oxygen atoms in total. The minimum atomic E-state index is 0.299. The lowest BCUT2D eigenvalue weighted by Gasteiger charge is -2.01. The summed E-state index contributed by atoms with van der Waals surface area (Å²) >= 11 is 1.70. The fraction of sp³-hybridized carbons (Fsp3) is 0.700. The number of nitrogens with one attached hydrogen (secondary N) is 1. The molecule has 0 fully saturated rings. The van der Waals surface area contributed by atoms with Gasteiger partial charge in [0.2, 0.25) is 0 Å². The van der Waals surface area contributed by atoms with E-state index < -0.39 is 0 Å². The van der Waals surface area contributed by atoms with E-state index in [1.165, 1.54) is 5.69 Å². The van der Waals surface area contributed by atoms with Gasteiger partial charge in [-0.1, -0.05) is 0 Å². The average Bonchev–Trinajstić information content (AvgIpc) is 2.58. The van der Waals surface area contributed by atoms with Crippen molar-refractivity contribution in [3.8, 4) is 0 Å². The molecule has 0 aliphatic heterocycles. The molecular weight excluding hydrogens is 196 g/mol. The predicted octanol–water partition coefficient (Wildman–Crippen LogP) is 1.36. The molecule has 0 bridgehead atoms. The van der Waals surface area contributed by atoms with Crippen molar-refractivity contribution < 1.29 is 5.11 Å². The van der Waals surface area contributed by atoms with Crippen LogP contribution in [0, 0.1) is 6.92 Å². The normalized spacial score (nSPS) is 10.7. The highest BCUT2D eigenvalue weighted by atomic mass is 32.1. The third kappa shape index (κ3) is 4.69. The third-order valence-electron chi connectivity index (χ3n) is 1.99. The Kier molecular flexibility index (Phi) is 5.75. The SMILES string of the molecule is Cc1nc(CCNCCCCO)cs1. The number of aromatic nitrogens is 1. The van der Waals surface area contributed by atoms with Crippen molar-refractivity contribution in [2.75, 3.05) is 19.7 Å². The van der Waals surface area contributed by atoms with Crippen LogP contribution in [-0.2, 0) is 6.42 Å². The second kappa shape index (κ2) is 6.92. The first-order valence-corrected chi connectivity index (χ1v) is 5.93. The van der Waals surface area contributed by atoms with Crippen molar-refractivity contribution in [3.63, 3.8) is 0 Å². The highest BCUT2D eigenvalue weighted by Crippen LogP contribution is 2.07. The van der Waals surface area contributed by atoms with E-state index in [0.29, 0.717) is 6.61 Å². The lowest BCUT2D eigenvalue weighted by molar-refractivity contribution is 0.284. The summed E-state index contributed by atoms with van der Waals surface area (Å²) < 4.78 is 0. The van der Waals surface area contributed by atoms with E-state index in [1.54, 1.807) is 11.3 Å². The van der Waals surface area contributed by atoms with Crippen LogP contribution >= 0.6 is 11.3 Å². The third-order valence-corrected chi connectivity index (χ3v) is 2.81. The van der Waals surface area contributed by atoms with Crippen molar-refractivity contribution in [3.05, 3.63) is 16.1 Å². The summed E-state index contributed by atoms with van der Waals surface area (Å²) in [6, 6.07) is 0. The molecule has 1 aromatic rings. The first kappa shape index (κ1) is 11.6. The van der Waals surface area contributed by atoms with Gasteiger partial charge in [-0.15, -0.1) is 11.3 Å². The Morgan fingerprint density at radius 3 is 2.93 bits per heavy atom. The minimum absolute atomic E-state index is 0.299. The fourth-order valence-electron chi connectivity index (χ4n) is 1.23. The largest absolute Gasteiger partial charge is 0.396 e. The van der Waals surface area contributed by atoms with Crippen LogP contribution in [0.1, 0.15) is 23.5 Å². The number of nitrogens with zero attached hydrogens (tertiary/aromatic N) is 1. The Morgan fingerprint density at radius 1 is 1.43 bits per heavy atom. The molecule has 0 aliphatic carbocycles. The Bertz CT molecular complexity index is 250. The highest BCUT2D eigenvalue weighted by molar-refractivity contribution is 7.09. The maximum Gasteiger partial charge on any atom is 0.0897 e. The van der Waals surface area contributed by atoms with Crippen molar-refractivity contribution in [1.29, 1.82) is 0 Å². The molecule has 14 heavy (non-hydrogen) atoms. The van der Waals surface area contributed by atoms with Crippen LogP contribution in [-0.4, -0.2) is 29.8 Å². The van der Waals surface area contributed by atoms with Gasteiger partial charge < -0.3 is 10.4 Å². The Labute approximate surface area is 89.2 Å². The van der Waals surface area contributed by atoms with Crippen LogP contribution in [0.3, 0.4) is 0 Å². The monoisotopic (exact) mass is 214 g/mol. The number of aliphatic hydroxyl groups excluding tert-OH is 1. The molecule has 2 N–H and O–H groups in total. The average molecular weight is 214 g/mol. The molecule has 0 unspecified atom stereocenters. The number of hydrogen-bond donors (Lipinski definition) is 2. The van der Waals surface area contributed by atoms with Gasteiger partial charge in [0.25, 0.3) is 0 Å². The molecule has 0 aromatic carbocycles. The summed E-state index contributed by atoms with van der Waals surface area (Å²) in [5.41, 5.74) is 1.18. The van der Waals surface area contributed by atoms with Gasteiger partial charge in [-0.2, -0.15) is 0 Å². The number of aryl methyl sites for hydroxylation is 1. The Hall–Kier alpha value is -0.450. The molecule has 1 aromatic heterocycles. The van der Waals surface area contributed by atoms with Crippen LogP contribution in [0.25, 0.3) is 0 Å². The molecule has 80 valence electrons. The van der Waals surface area contributed by atoms with Gasteiger partial charge in [-0.05, 0) is 26.3 Å². The van der Waals surface area contributed by atoms with E-state index in [-0.39, 0.29) is 0 Å². The van der Waals surface area contributed by atoms with Crippen molar-refractivity contribution in [2.24, 2.45) is 0 Å². The van der Waals surface area contributed by atoms with Crippen molar-refractivity contribution in [2.45, 2.75) is 26.2 Å². The molecule has 0 aliphatic rings. The van der Waals surface area contributed by atoms with Crippen LogP contribution in [0.4, 0.5) is 0 Å². The van der Waals surface area contributed by atoms with Crippen molar-refractivity contribution in [1.82, 2.24) is 10.3 Å². The Balaban J connectivity index is 1.99. The van der Waals surface area contributed by atoms with Gasteiger partial charge in [0, 0.05) is 25.0 Å². The quantitative estimate of drug-likeness (QED) is 0.674. The van der Waals surface area contributed by atoms with E-state index >= 15 is 0 Å². The molecule has 0 spiro atoms. The van der Waals surface area contributed by atoms with E-state index in [4.69, 9.17) is 5.11 Å². The summed E-state index contributed by atoms with van der Waals surface area (Å²) in [7, 11) is 0. The molecule has 4 heteroatoms. The Morgan fingerprint density at radius 2 is 2.29 bits per heavy atom. The van der Waals surface area contributed by atoms with Crippen LogP contribution in [0.2, 0.25) is 0 Å². The van der Waals surface area contributed by atoms with Crippen LogP contribution < -0.4 is 5.32 Å². The van der Waals surface area contributed by atoms with E-state index in [1.807, 2.05) is 6.92 Å². The zero-order chi connectivity index (χ0) is 10.2. The molecule has 1 rings (SSSR count). The second-order valence-corrected chi connectivity index (χ2v) is 4.35. The number of rotatable bonds is 7. The van der Waals surface area contributed by atoms with Gasteiger partial charge in [0.1, 0.15) is 0 Å². The second-order valence-electron chi connectivity index (χ2n) is 3.29.